The fourth-order valence-electron chi connectivity index (χ4n) is 1.71. The molecule has 5 heteroatoms. The van der Waals surface area contributed by atoms with E-state index in [0.717, 1.165) is 17.7 Å². The van der Waals surface area contributed by atoms with Crippen LogP contribution in [-0.4, -0.2) is 23.0 Å². The molecule has 0 aliphatic heterocycles. The van der Waals surface area contributed by atoms with Gasteiger partial charge in [0.15, 0.2) is 0 Å². The van der Waals surface area contributed by atoms with Crippen LogP contribution >= 0.6 is 11.3 Å². The first-order valence-electron chi connectivity index (χ1n) is 5.84. The summed E-state index contributed by atoms with van der Waals surface area (Å²) < 4.78 is 0. The maximum atomic E-state index is 11.6. The third-order valence-electron chi connectivity index (χ3n) is 2.82. The molecule has 0 radical (unpaired) electrons. The first-order valence-corrected chi connectivity index (χ1v) is 6.66. The maximum Gasteiger partial charge on any atom is 0.326 e. The lowest BCUT2D eigenvalue weighted by molar-refractivity contribution is -0.141. The number of carboxylic acids is 1. The van der Waals surface area contributed by atoms with Crippen molar-refractivity contribution >= 4 is 29.3 Å². The van der Waals surface area contributed by atoms with Crippen LogP contribution in [0.1, 0.15) is 22.6 Å². The van der Waals surface area contributed by atoms with Gasteiger partial charge < -0.3 is 10.4 Å². The fourth-order valence-corrected chi connectivity index (χ4v) is 2.49. The lowest BCUT2D eigenvalue weighted by Crippen LogP contribution is -2.41. The van der Waals surface area contributed by atoms with Crippen molar-refractivity contribution in [1.29, 1.82) is 0 Å². The smallest absolute Gasteiger partial charge is 0.326 e. The highest BCUT2D eigenvalue weighted by molar-refractivity contribution is 7.12. The van der Waals surface area contributed by atoms with E-state index >= 15 is 0 Å². The number of hydrogen-bond donors (Lipinski definition) is 2. The number of rotatable bonds is 5. The second-order valence-corrected chi connectivity index (χ2v) is 5.76. The number of nitrogens with one attached hydrogen (secondary N) is 1. The Labute approximate surface area is 109 Å². The zero-order valence-electron chi connectivity index (χ0n) is 10.1. The molecule has 0 aromatic carbocycles. The Bertz CT molecular complexity index is 488. The molecule has 0 saturated heterocycles. The topological polar surface area (TPSA) is 66.4 Å². The molecule has 1 unspecified atom stereocenters. The minimum Gasteiger partial charge on any atom is -0.480 e. The van der Waals surface area contributed by atoms with Crippen LogP contribution in [0.5, 0.6) is 0 Å². The molecule has 2 N–H and O–H groups in total. The number of amides is 1. The molecule has 1 amide bonds. The molecular formula is C13H15NO3S. The third-order valence-corrected chi connectivity index (χ3v) is 3.78. The fraction of sp³-hybridized carbons (Fsp3) is 0.385. The molecule has 96 valence electrons. The molecule has 1 aliphatic rings. The predicted octanol–water partition coefficient (Wildman–Crippen LogP) is 2.05. The standard InChI is InChI=1S/C13H15NO3S/c1-8-2-5-10(18-8)6-7-11(15)14-12(13(16)17)9-3-4-9/h2,5-7,9,12H,3-4H2,1H3,(H,14,15)(H,16,17). The lowest BCUT2D eigenvalue weighted by atomic mass is 10.2. The number of aliphatic carboxylic acids is 1. The van der Waals surface area contributed by atoms with Gasteiger partial charge in [0, 0.05) is 15.8 Å². The van der Waals surface area contributed by atoms with E-state index in [9.17, 15) is 9.59 Å². The van der Waals surface area contributed by atoms with Crippen LogP contribution in [0.25, 0.3) is 6.08 Å². The second-order valence-electron chi connectivity index (χ2n) is 4.44. The van der Waals surface area contributed by atoms with Gasteiger partial charge in [-0.1, -0.05) is 0 Å². The van der Waals surface area contributed by atoms with E-state index in [-0.39, 0.29) is 11.8 Å². The third kappa shape index (κ3) is 3.43. The monoisotopic (exact) mass is 265 g/mol. The number of hydrogen-bond acceptors (Lipinski definition) is 3. The average Bonchev–Trinajstić information content (AvgIpc) is 3.06. The summed E-state index contributed by atoms with van der Waals surface area (Å²) in [5.41, 5.74) is 0. The van der Waals surface area contributed by atoms with Crippen molar-refractivity contribution in [2.75, 3.05) is 0 Å². The maximum absolute atomic E-state index is 11.6. The number of carbonyl (C=O) groups is 2. The number of carbonyl (C=O) groups excluding carboxylic acids is 1. The second kappa shape index (κ2) is 5.35. The normalized spacial score (nSPS) is 16.7. The molecule has 1 atom stereocenters. The van der Waals surface area contributed by atoms with Crippen molar-refractivity contribution < 1.29 is 14.7 Å². The van der Waals surface area contributed by atoms with Crippen LogP contribution in [-0.2, 0) is 9.59 Å². The van der Waals surface area contributed by atoms with Crippen LogP contribution in [0.15, 0.2) is 18.2 Å². The van der Waals surface area contributed by atoms with Gasteiger partial charge in [0.25, 0.3) is 0 Å². The first kappa shape index (κ1) is 12.8. The Kier molecular flexibility index (Phi) is 3.81. The SMILES string of the molecule is Cc1ccc(C=CC(=O)NC(C(=O)O)C2CC2)s1. The van der Waals surface area contributed by atoms with Gasteiger partial charge >= 0.3 is 5.97 Å². The summed E-state index contributed by atoms with van der Waals surface area (Å²) in [5.74, 6) is -1.20. The van der Waals surface area contributed by atoms with Crippen molar-refractivity contribution in [1.82, 2.24) is 5.32 Å². The predicted molar refractivity (Wildman–Crippen MR) is 70.4 cm³/mol. The quantitative estimate of drug-likeness (QED) is 0.801. The van der Waals surface area contributed by atoms with Gasteiger partial charge in [-0.3, -0.25) is 4.79 Å². The summed E-state index contributed by atoms with van der Waals surface area (Å²) in [6.07, 6.45) is 4.86. The first-order chi connectivity index (χ1) is 8.56. The molecule has 1 heterocycles. The minimum absolute atomic E-state index is 0.101. The molecule has 2 rings (SSSR count). The van der Waals surface area contributed by atoms with Crippen LogP contribution in [0.4, 0.5) is 0 Å². The number of thiophene rings is 1. The summed E-state index contributed by atoms with van der Waals surface area (Å²) in [6.45, 7) is 2.00. The molecular weight excluding hydrogens is 250 g/mol. The van der Waals surface area contributed by atoms with Crippen LogP contribution < -0.4 is 5.32 Å². The molecule has 1 saturated carbocycles. The summed E-state index contributed by atoms with van der Waals surface area (Å²) >= 11 is 1.59. The van der Waals surface area contributed by atoms with Crippen LogP contribution in [0, 0.1) is 12.8 Å². The van der Waals surface area contributed by atoms with Gasteiger partial charge in [0.2, 0.25) is 5.91 Å². The van der Waals surface area contributed by atoms with Gasteiger partial charge in [-0.05, 0) is 43.9 Å². The number of aryl methyl sites for hydroxylation is 1. The Morgan fingerprint density at radius 3 is 2.72 bits per heavy atom. The Hall–Kier alpha value is -1.62. The van der Waals surface area contributed by atoms with Crippen molar-refractivity contribution in [3.63, 3.8) is 0 Å². The van der Waals surface area contributed by atoms with Gasteiger partial charge in [-0.15, -0.1) is 11.3 Å². The van der Waals surface area contributed by atoms with Gasteiger partial charge in [-0.2, -0.15) is 0 Å². The summed E-state index contributed by atoms with van der Waals surface area (Å²) in [6, 6.07) is 3.17. The van der Waals surface area contributed by atoms with Gasteiger partial charge in [0.1, 0.15) is 6.04 Å². The molecule has 1 aromatic rings. The minimum atomic E-state index is -0.953. The Morgan fingerprint density at radius 2 is 2.22 bits per heavy atom. The van der Waals surface area contributed by atoms with E-state index in [1.807, 2.05) is 19.1 Å². The largest absolute Gasteiger partial charge is 0.480 e. The molecule has 1 aromatic heterocycles. The van der Waals surface area contributed by atoms with E-state index in [1.54, 1.807) is 17.4 Å². The molecule has 0 spiro atoms. The molecule has 1 aliphatic carbocycles. The van der Waals surface area contributed by atoms with Crippen molar-refractivity contribution in [2.24, 2.45) is 5.92 Å². The van der Waals surface area contributed by atoms with Gasteiger partial charge in [0.05, 0.1) is 0 Å². The van der Waals surface area contributed by atoms with E-state index < -0.39 is 12.0 Å². The van der Waals surface area contributed by atoms with Crippen LogP contribution in [0.2, 0.25) is 0 Å². The number of carboxylic acid groups (broad SMARTS) is 1. The zero-order valence-corrected chi connectivity index (χ0v) is 10.9. The van der Waals surface area contributed by atoms with E-state index in [1.165, 1.54) is 11.0 Å². The van der Waals surface area contributed by atoms with E-state index in [0.29, 0.717) is 0 Å². The van der Waals surface area contributed by atoms with E-state index in [4.69, 9.17) is 5.11 Å². The Balaban J connectivity index is 1.91. The van der Waals surface area contributed by atoms with Crippen LogP contribution in [0.3, 0.4) is 0 Å². The highest BCUT2D eigenvalue weighted by Crippen LogP contribution is 2.32. The summed E-state index contributed by atoms with van der Waals surface area (Å²) in [7, 11) is 0. The van der Waals surface area contributed by atoms with Crippen molar-refractivity contribution in [3.8, 4) is 0 Å². The lowest BCUT2D eigenvalue weighted by Gasteiger charge is -2.11. The Morgan fingerprint density at radius 1 is 1.50 bits per heavy atom. The summed E-state index contributed by atoms with van der Waals surface area (Å²) in [5, 5.41) is 11.5. The molecule has 1 fully saturated rings. The highest BCUT2D eigenvalue weighted by Gasteiger charge is 2.36. The molecule has 4 nitrogen and oxygen atoms in total. The molecule has 18 heavy (non-hydrogen) atoms. The highest BCUT2D eigenvalue weighted by atomic mass is 32.1. The zero-order chi connectivity index (χ0) is 13.1. The van der Waals surface area contributed by atoms with Crippen molar-refractivity contribution in [2.45, 2.75) is 25.8 Å². The van der Waals surface area contributed by atoms with Gasteiger partial charge in [-0.25, -0.2) is 4.79 Å². The van der Waals surface area contributed by atoms with Crippen molar-refractivity contribution in [3.05, 3.63) is 28.0 Å². The summed E-state index contributed by atoms with van der Waals surface area (Å²) in [4.78, 5) is 24.7. The molecule has 0 bridgehead atoms. The van der Waals surface area contributed by atoms with E-state index in [2.05, 4.69) is 5.32 Å². The average molecular weight is 265 g/mol.